The zero-order valence-electron chi connectivity index (χ0n) is 12.9. The number of carbonyl (C=O) groups excluding carboxylic acids is 1. The fraction of sp³-hybridized carbons (Fsp3) is 0.316. The predicted molar refractivity (Wildman–Crippen MR) is 84.8 cm³/mol. The number of hydrogen-bond donors (Lipinski definition) is 0. The molecule has 22 heavy (non-hydrogen) atoms. The number of Topliss-reactive ketones (excluding diaryl/α,β-unsaturated/α-hetero) is 1. The molecular weight excluding hydrogens is 276 g/mol. The first-order valence-electron chi connectivity index (χ1n) is 7.49. The molecule has 0 radical (unpaired) electrons. The second kappa shape index (κ2) is 5.67. The van der Waals surface area contributed by atoms with Gasteiger partial charge in [0.1, 0.15) is 0 Å². The van der Waals surface area contributed by atoms with Crippen molar-refractivity contribution in [3.05, 3.63) is 71.8 Å². The molecule has 0 bridgehead atoms. The highest BCUT2D eigenvalue weighted by molar-refractivity contribution is 6.02. The van der Waals surface area contributed by atoms with E-state index < -0.39 is 11.4 Å². The first-order chi connectivity index (χ1) is 10.5. The number of benzene rings is 2. The van der Waals surface area contributed by atoms with Gasteiger partial charge in [-0.1, -0.05) is 60.7 Å². The van der Waals surface area contributed by atoms with Crippen molar-refractivity contribution in [2.24, 2.45) is 0 Å². The van der Waals surface area contributed by atoms with E-state index in [-0.39, 0.29) is 12.4 Å². The number of ether oxygens (including phenoxy) is 2. The van der Waals surface area contributed by atoms with Crippen molar-refractivity contribution < 1.29 is 14.3 Å². The van der Waals surface area contributed by atoms with E-state index in [9.17, 15) is 4.79 Å². The second-order valence-corrected chi connectivity index (χ2v) is 6.11. The lowest BCUT2D eigenvalue weighted by molar-refractivity contribution is -0.161. The molecule has 0 saturated carbocycles. The summed E-state index contributed by atoms with van der Waals surface area (Å²) in [7, 11) is 0. The third-order valence-corrected chi connectivity index (χ3v) is 3.98. The van der Waals surface area contributed by atoms with Crippen molar-refractivity contribution >= 4 is 5.78 Å². The zero-order chi connectivity index (χ0) is 15.6. The molecule has 1 fully saturated rings. The Hall–Kier alpha value is -1.97. The standard InChI is InChI=1S/C19H20O3/c1-18(17(20)16-11-7-4-8-12-16)14-21-19(2,22-18)13-15-9-5-3-6-10-15/h3-12H,13-14H2,1-2H3. The molecule has 2 aromatic carbocycles. The van der Waals surface area contributed by atoms with Crippen LogP contribution in [0.4, 0.5) is 0 Å². The van der Waals surface area contributed by atoms with Gasteiger partial charge in [0.15, 0.2) is 17.2 Å². The van der Waals surface area contributed by atoms with Gasteiger partial charge in [-0.3, -0.25) is 4.79 Å². The maximum absolute atomic E-state index is 12.7. The maximum atomic E-state index is 12.7. The number of ketones is 1. The highest BCUT2D eigenvalue weighted by Gasteiger charge is 2.49. The largest absolute Gasteiger partial charge is 0.346 e. The topological polar surface area (TPSA) is 35.5 Å². The van der Waals surface area contributed by atoms with Gasteiger partial charge < -0.3 is 9.47 Å². The van der Waals surface area contributed by atoms with Gasteiger partial charge in [0.25, 0.3) is 0 Å². The Balaban J connectivity index is 1.77. The zero-order valence-corrected chi connectivity index (χ0v) is 12.9. The molecule has 1 aliphatic heterocycles. The summed E-state index contributed by atoms with van der Waals surface area (Å²) in [5, 5.41) is 0. The molecular formula is C19H20O3. The van der Waals surface area contributed by atoms with Gasteiger partial charge in [-0.15, -0.1) is 0 Å². The predicted octanol–water partition coefficient (Wildman–Crippen LogP) is 3.63. The summed E-state index contributed by atoms with van der Waals surface area (Å²) in [6.07, 6.45) is 0.617. The van der Waals surface area contributed by atoms with Crippen LogP contribution in [0.15, 0.2) is 60.7 Å². The van der Waals surface area contributed by atoms with Crippen LogP contribution in [0.1, 0.15) is 29.8 Å². The van der Waals surface area contributed by atoms with Crippen molar-refractivity contribution in [2.75, 3.05) is 6.61 Å². The Morgan fingerprint density at radius 1 is 1.00 bits per heavy atom. The van der Waals surface area contributed by atoms with Gasteiger partial charge in [-0.25, -0.2) is 0 Å². The van der Waals surface area contributed by atoms with Crippen LogP contribution in [0, 0.1) is 0 Å². The Labute approximate surface area is 130 Å². The molecule has 3 nitrogen and oxygen atoms in total. The van der Waals surface area contributed by atoms with Crippen LogP contribution in [0.5, 0.6) is 0 Å². The molecule has 1 heterocycles. The van der Waals surface area contributed by atoms with E-state index in [0.717, 1.165) is 5.56 Å². The molecule has 0 N–H and O–H groups in total. The minimum Gasteiger partial charge on any atom is -0.346 e. The second-order valence-electron chi connectivity index (χ2n) is 6.11. The third-order valence-electron chi connectivity index (χ3n) is 3.98. The first-order valence-corrected chi connectivity index (χ1v) is 7.49. The molecule has 0 aromatic heterocycles. The molecule has 2 aromatic rings. The minimum atomic E-state index is -0.940. The minimum absolute atomic E-state index is 0.0371. The van der Waals surface area contributed by atoms with Gasteiger partial charge in [0.05, 0.1) is 6.61 Å². The van der Waals surface area contributed by atoms with Crippen molar-refractivity contribution in [3.8, 4) is 0 Å². The number of rotatable bonds is 4. The molecule has 1 saturated heterocycles. The van der Waals surface area contributed by atoms with Crippen molar-refractivity contribution in [1.29, 1.82) is 0 Å². The summed E-state index contributed by atoms with van der Waals surface area (Å²) in [6.45, 7) is 3.96. The molecule has 2 atom stereocenters. The fourth-order valence-electron chi connectivity index (χ4n) is 2.89. The van der Waals surface area contributed by atoms with Gasteiger partial charge in [-0.2, -0.15) is 0 Å². The molecule has 0 aliphatic carbocycles. The quantitative estimate of drug-likeness (QED) is 0.808. The van der Waals surface area contributed by atoms with Crippen LogP contribution >= 0.6 is 0 Å². The van der Waals surface area contributed by atoms with Crippen molar-refractivity contribution in [2.45, 2.75) is 31.7 Å². The Morgan fingerprint density at radius 3 is 2.23 bits per heavy atom. The van der Waals surface area contributed by atoms with E-state index in [2.05, 4.69) is 0 Å². The van der Waals surface area contributed by atoms with Crippen LogP contribution in [-0.2, 0) is 15.9 Å². The lowest BCUT2D eigenvalue weighted by Crippen LogP contribution is -2.41. The summed E-state index contributed by atoms with van der Waals surface area (Å²) in [5.74, 6) is -0.814. The van der Waals surface area contributed by atoms with Crippen molar-refractivity contribution in [1.82, 2.24) is 0 Å². The highest BCUT2D eigenvalue weighted by Crippen LogP contribution is 2.35. The fourth-order valence-corrected chi connectivity index (χ4v) is 2.89. The van der Waals surface area contributed by atoms with Gasteiger partial charge in [-0.05, 0) is 19.4 Å². The van der Waals surface area contributed by atoms with E-state index in [0.29, 0.717) is 12.0 Å². The van der Waals surface area contributed by atoms with E-state index in [1.54, 1.807) is 6.92 Å². The molecule has 114 valence electrons. The van der Waals surface area contributed by atoms with Crippen LogP contribution in [0.3, 0.4) is 0 Å². The van der Waals surface area contributed by atoms with E-state index in [1.165, 1.54) is 0 Å². The first kappa shape index (κ1) is 14.9. The summed E-state index contributed by atoms with van der Waals surface area (Å²) in [5.41, 5.74) is 0.837. The Bertz CT molecular complexity index is 653. The molecule has 3 rings (SSSR count). The average molecular weight is 296 g/mol. The summed E-state index contributed by atoms with van der Waals surface area (Å²) >= 11 is 0. The summed E-state index contributed by atoms with van der Waals surface area (Å²) in [6, 6.07) is 19.2. The van der Waals surface area contributed by atoms with Crippen LogP contribution < -0.4 is 0 Å². The molecule has 0 amide bonds. The molecule has 3 heteroatoms. The van der Waals surface area contributed by atoms with E-state index in [4.69, 9.17) is 9.47 Å². The Kier molecular flexibility index (Phi) is 3.85. The molecule has 2 unspecified atom stereocenters. The van der Waals surface area contributed by atoms with E-state index >= 15 is 0 Å². The van der Waals surface area contributed by atoms with Crippen LogP contribution in [0.25, 0.3) is 0 Å². The van der Waals surface area contributed by atoms with E-state index in [1.807, 2.05) is 67.6 Å². The number of carbonyl (C=O) groups is 1. The normalized spacial score (nSPS) is 27.7. The maximum Gasteiger partial charge on any atom is 0.196 e. The number of hydrogen-bond acceptors (Lipinski definition) is 3. The SMILES string of the molecule is CC1(Cc2ccccc2)OCC(C)(C(=O)c2ccccc2)O1. The summed E-state index contributed by atoms with van der Waals surface area (Å²) < 4.78 is 11.9. The molecule has 1 aliphatic rings. The van der Waals surface area contributed by atoms with Gasteiger partial charge in [0, 0.05) is 12.0 Å². The third kappa shape index (κ3) is 2.96. The van der Waals surface area contributed by atoms with Crippen LogP contribution in [-0.4, -0.2) is 23.8 Å². The van der Waals surface area contributed by atoms with Gasteiger partial charge >= 0.3 is 0 Å². The lowest BCUT2D eigenvalue weighted by Gasteiger charge is -2.27. The average Bonchev–Trinajstić information content (AvgIpc) is 2.85. The van der Waals surface area contributed by atoms with Gasteiger partial charge in [0.2, 0.25) is 0 Å². The monoisotopic (exact) mass is 296 g/mol. The van der Waals surface area contributed by atoms with Crippen molar-refractivity contribution in [3.63, 3.8) is 0 Å². The summed E-state index contributed by atoms with van der Waals surface area (Å²) in [4.78, 5) is 12.7. The van der Waals surface area contributed by atoms with Crippen LogP contribution in [0.2, 0.25) is 0 Å². The smallest absolute Gasteiger partial charge is 0.196 e. The lowest BCUT2D eigenvalue weighted by atomic mass is 9.95. The highest BCUT2D eigenvalue weighted by atomic mass is 16.8. The Morgan fingerprint density at radius 2 is 1.59 bits per heavy atom. The molecule has 0 spiro atoms.